The standard InChI is InChI=1S/C18H23N7O/c1-18(2,3)14-4-5-15(23-22-14)26-10-12-6-7-25(9-12)17-13-8-21-24-16(13)19-11-20-17/h4-5,8,11-12H,6-7,9-10H2,1-3H3,(H,19,20,21,24). The van der Waals surface area contributed by atoms with Crippen molar-refractivity contribution in [3.8, 4) is 5.88 Å². The van der Waals surface area contributed by atoms with E-state index in [0.29, 0.717) is 18.4 Å². The number of H-pyrrole nitrogens is 1. The molecule has 8 heteroatoms. The zero-order valence-electron chi connectivity index (χ0n) is 15.3. The molecule has 0 aliphatic carbocycles. The topological polar surface area (TPSA) is 92.7 Å². The zero-order chi connectivity index (χ0) is 18.1. The van der Waals surface area contributed by atoms with Crippen LogP contribution in [0, 0.1) is 5.92 Å². The highest BCUT2D eigenvalue weighted by atomic mass is 16.5. The van der Waals surface area contributed by atoms with Gasteiger partial charge in [-0.3, -0.25) is 5.10 Å². The molecule has 3 aromatic rings. The van der Waals surface area contributed by atoms with Gasteiger partial charge < -0.3 is 9.64 Å². The van der Waals surface area contributed by atoms with Crippen LogP contribution < -0.4 is 9.64 Å². The molecule has 3 aromatic heterocycles. The van der Waals surface area contributed by atoms with E-state index in [1.54, 1.807) is 12.5 Å². The number of anilines is 1. The summed E-state index contributed by atoms with van der Waals surface area (Å²) in [5.41, 5.74) is 1.72. The van der Waals surface area contributed by atoms with Crippen molar-refractivity contribution < 1.29 is 4.74 Å². The van der Waals surface area contributed by atoms with Crippen LogP contribution in [0.1, 0.15) is 32.9 Å². The van der Waals surface area contributed by atoms with E-state index < -0.39 is 0 Å². The fourth-order valence-electron chi connectivity index (χ4n) is 3.17. The quantitative estimate of drug-likeness (QED) is 0.769. The van der Waals surface area contributed by atoms with Crippen molar-refractivity contribution in [3.05, 3.63) is 30.4 Å². The molecule has 1 unspecified atom stereocenters. The van der Waals surface area contributed by atoms with E-state index in [-0.39, 0.29) is 5.41 Å². The molecule has 1 atom stereocenters. The van der Waals surface area contributed by atoms with Crippen LogP contribution in [0.2, 0.25) is 0 Å². The number of rotatable bonds is 4. The third-order valence-corrected chi connectivity index (χ3v) is 4.69. The molecule has 1 aliphatic heterocycles. The Labute approximate surface area is 152 Å². The first-order valence-electron chi connectivity index (χ1n) is 8.87. The Balaban J connectivity index is 1.37. The molecule has 1 N–H and O–H groups in total. The van der Waals surface area contributed by atoms with Gasteiger partial charge in [0.05, 0.1) is 23.9 Å². The van der Waals surface area contributed by atoms with E-state index in [1.165, 1.54) is 0 Å². The van der Waals surface area contributed by atoms with Crippen molar-refractivity contribution >= 4 is 16.9 Å². The Morgan fingerprint density at radius 3 is 2.88 bits per heavy atom. The molecule has 0 aromatic carbocycles. The summed E-state index contributed by atoms with van der Waals surface area (Å²) in [7, 11) is 0. The molecule has 8 nitrogen and oxygen atoms in total. The normalized spacial score (nSPS) is 17.8. The Kier molecular flexibility index (Phi) is 4.18. The van der Waals surface area contributed by atoms with E-state index in [1.807, 2.05) is 12.1 Å². The average molecular weight is 353 g/mol. The van der Waals surface area contributed by atoms with E-state index >= 15 is 0 Å². The Morgan fingerprint density at radius 1 is 1.23 bits per heavy atom. The Hall–Kier alpha value is -2.77. The maximum atomic E-state index is 5.86. The number of nitrogens with one attached hydrogen (secondary N) is 1. The second-order valence-corrected chi connectivity index (χ2v) is 7.75. The maximum absolute atomic E-state index is 5.86. The summed E-state index contributed by atoms with van der Waals surface area (Å²) >= 11 is 0. The first-order valence-corrected chi connectivity index (χ1v) is 8.87. The number of fused-ring (bicyclic) bond motifs is 1. The monoisotopic (exact) mass is 353 g/mol. The lowest BCUT2D eigenvalue weighted by molar-refractivity contribution is 0.249. The smallest absolute Gasteiger partial charge is 0.233 e. The predicted octanol–water partition coefficient (Wildman–Crippen LogP) is 2.35. The number of aromatic nitrogens is 6. The van der Waals surface area contributed by atoms with Gasteiger partial charge in [0.1, 0.15) is 12.1 Å². The van der Waals surface area contributed by atoms with Gasteiger partial charge in [-0.1, -0.05) is 20.8 Å². The Bertz CT molecular complexity index is 884. The summed E-state index contributed by atoms with van der Waals surface area (Å²) in [6, 6.07) is 3.89. The van der Waals surface area contributed by atoms with Crippen LogP contribution in [-0.4, -0.2) is 50.1 Å². The van der Waals surface area contributed by atoms with E-state index in [2.05, 4.69) is 56.0 Å². The highest BCUT2D eigenvalue weighted by Crippen LogP contribution is 2.27. The van der Waals surface area contributed by atoms with Crippen LogP contribution in [-0.2, 0) is 5.41 Å². The number of hydrogen-bond acceptors (Lipinski definition) is 7. The van der Waals surface area contributed by atoms with E-state index in [0.717, 1.165) is 42.1 Å². The molecule has 0 amide bonds. The lowest BCUT2D eigenvalue weighted by Gasteiger charge is -2.18. The van der Waals surface area contributed by atoms with Crippen molar-refractivity contribution in [3.63, 3.8) is 0 Å². The fraction of sp³-hybridized carbons (Fsp3) is 0.500. The van der Waals surface area contributed by atoms with Crippen molar-refractivity contribution in [2.75, 3.05) is 24.6 Å². The van der Waals surface area contributed by atoms with Crippen molar-refractivity contribution in [1.29, 1.82) is 0 Å². The van der Waals surface area contributed by atoms with Crippen molar-refractivity contribution in [2.24, 2.45) is 5.92 Å². The second-order valence-electron chi connectivity index (χ2n) is 7.75. The summed E-state index contributed by atoms with van der Waals surface area (Å²) in [6.45, 7) is 8.82. The molecule has 0 saturated carbocycles. The van der Waals surface area contributed by atoms with Crippen LogP contribution in [0.4, 0.5) is 5.82 Å². The Morgan fingerprint density at radius 2 is 2.12 bits per heavy atom. The molecule has 1 saturated heterocycles. The summed E-state index contributed by atoms with van der Waals surface area (Å²) in [6.07, 6.45) is 4.41. The summed E-state index contributed by atoms with van der Waals surface area (Å²) in [5.74, 6) is 1.94. The van der Waals surface area contributed by atoms with E-state index in [9.17, 15) is 0 Å². The van der Waals surface area contributed by atoms with Gasteiger partial charge in [-0.25, -0.2) is 9.97 Å². The SMILES string of the molecule is CC(C)(C)c1ccc(OCC2CCN(c3ncnc4[nH]ncc34)C2)nn1. The third-order valence-electron chi connectivity index (χ3n) is 4.69. The lowest BCUT2D eigenvalue weighted by Crippen LogP contribution is -2.23. The van der Waals surface area contributed by atoms with Crippen LogP contribution in [0.3, 0.4) is 0 Å². The molecule has 0 spiro atoms. The molecule has 0 radical (unpaired) electrons. The van der Waals surface area contributed by atoms with Crippen LogP contribution in [0.25, 0.3) is 11.0 Å². The van der Waals surface area contributed by atoms with Crippen LogP contribution in [0.15, 0.2) is 24.7 Å². The molecule has 1 fully saturated rings. The van der Waals surface area contributed by atoms with Crippen molar-refractivity contribution in [1.82, 2.24) is 30.4 Å². The molecule has 4 heterocycles. The van der Waals surface area contributed by atoms with Gasteiger partial charge in [-0.2, -0.15) is 10.2 Å². The zero-order valence-corrected chi connectivity index (χ0v) is 15.3. The minimum atomic E-state index is -0.00650. The minimum Gasteiger partial charge on any atom is -0.476 e. The molecule has 26 heavy (non-hydrogen) atoms. The largest absolute Gasteiger partial charge is 0.476 e. The molecular formula is C18H23N7O. The summed E-state index contributed by atoms with van der Waals surface area (Å²) < 4.78 is 5.86. The number of hydrogen-bond donors (Lipinski definition) is 1. The first-order chi connectivity index (χ1) is 12.5. The number of nitrogens with zero attached hydrogens (tertiary/aromatic N) is 6. The van der Waals surface area contributed by atoms with E-state index in [4.69, 9.17) is 4.74 Å². The highest BCUT2D eigenvalue weighted by molar-refractivity contribution is 5.86. The number of aromatic amines is 1. The van der Waals surface area contributed by atoms with Gasteiger partial charge in [0.25, 0.3) is 0 Å². The van der Waals surface area contributed by atoms with Crippen LogP contribution >= 0.6 is 0 Å². The first kappa shape index (κ1) is 16.7. The van der Waals surface area contributed by atoms with Gasteiger partial charge >= 0.3 is 0 Å². The number of ether oxygens (including phenoxy) is 1. The van der Waals surface area contributed by atoms with Crippen LogP contribution in [0.5, 0.6) is 5.88 Å². The molecular weight excluding hydrogens is 330 g/mol. The van der Waals surface area contributed by atoms with Gasteiger partial charge in [-0.15, -0.1) is 5.10 Å². The van der Waals surface area contributed by atoms with Gasteiger partial charge in [-0.05, 0) is 12.5 Å². The predicted molar refractivity (Wildman–Crippen MR) is 98.2 cm³/mol. The van der Waals surface area contributed by atoms with Gasteiger partial charge in [0.2, 0.25) is 5.88 Å². The summed E-state index contributed by atoms with van der Waals surface area (Å²) in [5, 5.41) is 16.4. The minimum absolute atomic E-state index is 0.00650. The average Bonchev–Trinajstić information content (AvgIpc) is 3.28. The highest BCUT2D eigenvalue weighted by Gasteiger charge is 2.26. The molecule has 4 rings (SSSR count). The molecule has 1 aliphatic rings. The third kappa shape index (κ3) is 3.31. The van der Waals surface area contributed by atoms with Gasteiger partial charge in [0.15, 0.2) is 5.65 Å². The van der Waals surface area contributed by atoms with Crippen molar-refractivity contribution in [2.45, 2.75) is 32.6 Å². The lowest BCUT2D eigenvalue weighted by atomic mass is 9.92. The second kappa shape index (κ2) is 6.51. The molecule has 0 bridgehead atoms. The molecule has 136 valence electrons. The van der Waals surface area contributed by atoms with Gasteiger partial charge in [0, 0.05) is 30.5 Å². The maximum Gasteiger partial charge on any atom is 0.233 e. The fourth-order valence-corrected chi connectivity index (χ4v) is 3.17. The summed E-state index contributed by atoms with van der Waals surface area (Å²) in [4.78, 5) is 10.9.